The van der Waals surface area contributed by atoms with Crippen LogP contribution in [0.1, 0.15) is 5.89 Å². The van der Waals surface area contributed by atoms with Crippen LogP contribution in [0.3, 0.4) is 0 Å². The number of nitrogen functional groups attached to an aromatic ring is 1. The van der Waals surface area contributed by atoms with Crippen LogP contribution in [0.25, 0.3) is 11.1 Å². The van der Waals surface area contributed by atoms with Crippen LogP contribution in [-0.2, 0) is 6.42 Å². The summed E-state index contributed by atoms with van der Waals surface area (Å²) < 4.78 is 18.5. The molecule has 0 atom stereocenters. The molecular weight excluding hydrogens is 219 g/mol. The molecule has 0 amide bonds. The number of hydrogen-bond acceptors (Lipinski definition) is 3. The quantitative estimate of drug-likeness (QED) is 0.633. The Balaban J connectivity index is 2.70. The highest BCUT2D eigenvalue weighted by molar-refractivity contribution is 6.37. The molecule has 2 rings (SSSR count). The van der Waals surface area contributed by atoms with Gasteiger partial charge in [-0.1, -0.05) is 17.7 Å². The van der Waals surface area contributed by atoms with E-state index in [-0.39, 0.29) is 10.7 Å². The molecular formula is C10H8ClFN2O. The van der Waals surface area contributed by atoms with E-state index in [0.29, 0.717) is 23.4 Å². The summed E-state index contributed by atoms with van der Waals surface area (Å²) in [6.07, 6.45) is 2.10. The average Bonchev–Trinajstić information content (AvgIpc) is 2.58. The molecule has 15 heavy (non-hydrogen) atoms. The second-order valence-corrected chi connectivity index (χ2v) is 3.41. The van der Waals surface area contributed by atoms with Crippen molar-refractivity contribution in [3.63, 3.8) is 0 Å². The van der Waals surface area contributed by atoms with Crippen LogP contribution in [0, 0.1) is 5.82 Å². The number of halogens is 2. The lowest BCUT2D eigenvalue weighted by Crippen LogP contribution is -1.91. The molecule has 0 unspecified atom stereocenters. The zero-order chi connectivity index (χ0) is 11.0. The number of anilines is 1. The lowest BCUT2D eigenvalue weighted by molar-refractivity contribution is 0.546. The van der Waals surface area contributed by atoms with Gasteiger partial charge in [-0.2, -0.15) is 0 Å². The number of benzene rings is 1. The summed E-state index contributed by atoms with van der Waals surface area (Å²) in [5.74, 6) is -0.155. The molecule has 0 saturated carbocycles. The number of nitrogens with two attached hydrogens (primary N) is 1. The fourth-order valence-electron chi connectivity index (χ4n) is 1.27. The van der Waals surface area contributed by atoms with Crippen molar-refractivity contribution in [2.75, 3.05) is 5.73 Å². The Kier molecular flexibility index (Phi) is 2.36. The van der Waals surface area contributed by atoms with Crippen LogP contribution < -0.4 is 5.73 Å². The van der Waals surface area contributed by atoms with E-state index in [1.165, 1.54) is 6.07 Å². The van der Waals surface area contributed by atoms with Crippen LogP contribution in [-0.4, -0.2) is 4.98 Å². The third kappa shape index (κ3) is 1.57. The maximum Gasteiger partial charge on any atom is 0.199 e. The summed E-state index contributed by atoms with van der Waals surface area (Å²) in [5, 5.41) is 0.0628. The number of allylic oxidation sites excluding steroid dienone is 1. The van der Waals surface area contributed by atoms with Gasteiger partial charge in [0.05, 0.1) is 5.69 Å². The number of nitrogens with zero attached hydrogens (tertiary/aromatic N) is 1. The van der Waals surface area contributed by atoms with Crippen LogP contribution in [0.5, 0.6) is 0 Å². The molecule has 0 bridgehead atoms. The van der Waals surface area contributed by atoms with Gasteiger partial charge in [0.2, 0.25) is 0 Å². The monoisotopic (exact) mass is 226 g/mol. The molecule has 2 N–H and O–H groups in total. The van der Waals surface area contributed by atoms with Gasteiger partial charge < -0.3 is 10.2 Å². The standard InChI is InChI=1S/C10H8ClFN2O/c1-2-3-7-14-6-4-5(12)9(13)8(11)10(6)15-7/h2,4H,1,3,13H2. The predicted octanol–water partition coefficient (Wildman–Crippen LogP) is 2.93. The van der Waals surface area contributed by atoms with Gasteiger partial charge >= 0.3 is 0 Å². The van der Waals surface area contributed by atoms with E-state index in [1.54, 1.807) is 6.08 Å². The van der Waals surface area contributed by atoms with E-state index < -0.39 is 5.82 Å². The minimum absolute atomic E-state index is 0.0628. The summed E-state index contributed by atoms with van der Waals surface area (Å²) in [5.41, 5.74) is 5.97. The molecule has 0 spiro atoms. The van der Waals surface area contributed by atoms with Gasteiger partial charge in [0, 0.05) is 12.5 Å². The van der Waals surface area contributed by atoms with Gasteiger partial charge in [-0.25, -0.2) is 9.37 Å². The number of hydrogen-bond donors (Lipinski definition) is 1. The van der Waals surface area contributed by atoms with Crippen molar-refractivity contribution >= 4 is 28.4 Å². The summed E-state index contributed by atoms with van der Waals surface area (Å²) in [6, 6.07) is 1.20. The normalized spacial score (nSPS) is 10.8. The molecule has 0 aliphatic rings. The number of fused-ring (bicyclic) bond motifs is 1. The van der Waals surface area contributed by atoms with Crippen LogP contribution in [0.15, 0.2) is 23.1 Å². The molecule has 1 aromatic heterocycles. The second kappa shape index (κ2) is 3.55. The molecule has 1 aromatic carbocycles. The highest BCUT2D eigenvalue weighted by Gasteiger charge is 2.14. The number of aromatic nitrogens is 1. The van der Waals surface area contributed by atoms with Gasteiger partial charge in [-0.3, -0.25) is 0 Å². The lowest BCUT2D eigenvalue weighted by atomic mass is 10.3. The highest BCUT2D eigenvalue weighted by atomic mass is 35.5. The summed E-state index contributed by atoms with van der Waals surface area (Å²) in [7, 11) is 0. The first-order valence-electron chi connectivity index (χ1n) is 4.27. The zero-order valence-electron chi connectivity index (χ0n) is 7.76. The van der Waals surface area contributed by atoms with Crippen LogP contribution in [0.2, 0.25) is 5.02 Å². The third-order valence-corrected chi connectivity index (χ3v) is 2.35. The molecule has 1 heterocycles. The fraction of sp³-hybridized carbons (Fsp3) is 0.100. The average molecular weight is 227 g/mol. The van der Waals surface area contributed by atoms with E-state index in [0.717, 1.165) is 0 Å². The maximum absolute atomic E-state index is 13.2. The van der Waals surface area contributed by atoms with Gasteiger partial charge in [0.15, 0.2) is 11.5 Å². The summed E-state index contributed by atoms with van der Waals surface area (Å²) in [4.78, 5) is 4.05. The Morgan fingerprint density at radius 3 is 3.07 bits per heavy atom. The minimum Gasteiger partial charge on any atom is -0.439 e. The molecule has 0 radical (unpaired) electrons. The Labute approximate surface area is 90.3 Å². The molecule has 2 aromatic rings. The highest BCUT2D eigenvalue weighted by Crippen LogP contribution is 2.32. The van der Waals surface area contributed by atoms with Crippen molar-refractivity contribution in [2.45, 2.75) is 6.42 Å². The van der Waals surface area contributed by atoms with Crippen molar-refractivity contribution in [3.8, 4) is 0 Å². The Morgan fingerprint density at radius 2 is 2.40 bits per heavy atom. The van der Waals surface area contributed by atoms with Crippen LogP contribution in [0.4, 0.5) is 10.1 Å². The predicted molar refractivity (Wildman–Crippen MR) is 57.3 cm³/mol. The van der Waals surface area contributed by atoms with Gasteiger partial charge in [0.25, 0.3) is 0 Å². The molecule has 0 saturated heterocycles. The largest absolute Gasteiger partial charge is 0.439 e. The Hall–Kier alpha value is -1.55. The number of rotatable bonds is 2. The topological polar surface area (TPSA) is 52.0 Å². The first-order valence-corrected chi connectivity index (χ1v) is 4.65. The number of oxazole rings is 1. The molecule has 5 heteroatoms. The molecule has 0 aliphatic carbocycles. The lowest BCUT2D eigenvalue weighted by Gasteiger charge is -1.98. The van der Waals surface area contributed by atoms with Crippen LogP contribution >= 0.6 is 11.6 Å². The van der Waals surface area contributed by atoms with Crippen molar-refractivity contribution in [2.24, 2.45) is 0 Å². The fourth-order valence-corrected chi connectivity index (χ4v) is 1.49. The first-order chi connectivity index (χ1) is 7.13. The Bertz CT molecular complexity index is 536. The minimum atomic E-state index is -0.592. The van der Waals surface area contributed by atoms with E-state index in [9.17, 15) is 4.39 Å². The van der Waals surface area contributed by atoms with E-state index in [4.69, 9.17) is 21.8 Å². The molecule has 0 fully saturated rings. The summed E-state index contributed by atoms with van der Waals surface area (Å²) >= 11 is 5.82. The van der Waals surface area contributed by atoms with E-state index in [2.05, 4.69) is 11.6 Å². The maximum atomic E-state index is 13.2. The zero-order valence-corrected chi connectivity index (χ0v) is 8.51. The van der Waals surface area contributed by atoms with E-state index in [1.807, 2.05) is 0 Å². The molecule has 0 aliphatic heterocycles. The first kappa shape index (κ1) is 9.98. The van der Waals surface area contributed by atoms with Crippen molar-refractivity contribution in [1.82, 2.24) is 4.98 Å². The SMILES string of the molecule is C=CCc1nc2cc(F)c(N)c(Cl)c2o1. The summed E-state index contributed by atoms with van der Waals surface area (Å²) in [6.45, 7) is 3.55. The van der Waals surface area contributed by atoms with Gasteiger partial charge in [-0.05, 0) is 0 Å². The Morgan fingerprint density at radius 1 is 1.67 bits per heavy atom. The van der Waals surface area contributed by atoms with Crippen molar-refractivity contribution < 1.29 is 8.81 Å². The molecule has 3 nitrogen and oxygen atoms in total. The van der Waals surface area contributed by atoms with Crippen molar-refractivity contribution in [3.05, 3.63) is 35.5 Å². The molecule has 78 valence electrons. The smallest absolute Gasteiger partial charge is 0.199 e. The van der Waals surface area contributed by atoms with Crippen molar-refractivity contribution in [1.29, 1.82) is 0 Å². The van der Waals surface area contributed by atoms with Gasteiger partial charge in [-0.15, -0.1) is 6.58 Å². The third-order valence-electron chi connectivity index (χ3n) is 1.97. The second-order valence-electron chi connectivity index (χ2n) is 3.03. The van der Waals surface area contributed by atoms with Gasteiger partial charge in [0.1, 0.15) is 16.4 Å². The van der Waals surface area contributed by atoms with E-state index >= 15 is 0 Å².